The van der Waals surface area contributed by atoms with Crippen LogP contribution in [0.1, 0.15) is 13.3 Å². The lowest BCUT2D eigenvalue weighted by molar-refractivity contribution is -0.121. The number of rotatable bonds is 5. The van der Waals surface area contributed by atoms with Gasteiger partial charge in [0.2, 0.25) is 5.91 Å². The molecule has 1 unspecified atom stereocenters. The van der Waals surface area contributed by atoms with E-state index in [1.807, 2.05) is 6.92 Å². The van der Waals surface area contributed by atoms with Gasteiger partial charge in [0.15, 0.2) is 0 Å². The van der Waals surface area contributed by atoms with Crippen LogP contribution < -0.4 is 11.1 Å². The summed E-state index contributed by atoms with van der Waals surface area (Å²) in [7, 11) is 0. The van der Waals surface area contributed by atoms with Crippen LogP contribution in [0, 0.1) is 5.92 Å². The Morgan fingerprint density at radius 3 is 2.91 bits per heavy atom. The Morgan fingerprint density at radius 2 is 2.45 bits per heavy atom. The number of hydrogen-bond donors (Lipinski definition) is 2. The van der Waals surface area contributed by atoms with Crippen LogP contribution in [0.3, 0.4) is 0 Å². The van der Waals surface area contributed by atoms with Gasteiger partial charge in [0.05, 0.1) is 0 Å². The minimum absolute atomic E-state index is 0.0443. The lowest BCUT2D eigenvalue weighted by atomic mass is 10.1. The Bertz CT molecular complexity index is 134. The number of amides is 1. The van der Waals surface area contributed by atoms with Gasteiger partial charge in [0, 0.05) is 13.0 Å². The molecule has 0 bridgehead atoms. The maximum absolute atomic E-state index is 11.0. The molecule has 0 aliphatic rings. The third kappa shape index (κ3) is 5.61. The third-order valence-corrected chi connectivity index (χ3v) is 1.38. The molecule has 1 atom stereocenters. The maximum atomic E-state index is 11.0. The molecular weight excluding hydrogens is 140 g/mol. The van der Waals surface area contributed by atoms with E-state index in [-0.39, 0.29) is 11.8 Å². The first-order chi connectivity index (χ1) is 5.20. The van der Waals surface area contributed by atoms with Crippen molar-refractivity contribution in [2.45, 2.75) is 13.3 Å². The molecule has 0 saturated heterocycles. The molecule has 0 fully saturated rings. The van der Waals surface area contributed by atoms with Gasteiger partial charge in [0.1, 0.15) is 0 Å². The molecule has 0 radical (unpaired) electrons. The third-order valence-electron chi connectivity index (χ3n) is 1.38. The first kappa shape index (κ1) is 10.2. The molecule has 3 nitrogen and oxygen atoms in total. The van der Waals surface area contributed by atoms with Crippen LogP contribution >= 0.6 is 0 Å². The van der Waals surface area contributed by atoms with Crippen molar-refractivity contribution in [2.75, 3.05) is 13.1 Å². The van der Waals surface area contributed by atoms with Gasteiger partial charge in [-0.15, -0.1) is 6.58 Å². The van der Waals surface area contributed by atoms with Gasteiger partial charge >= 0.3 is 0 Å². The Morgan fingerprint density at radius 1 is 1.82 bits per heavy atom. The van der Waals surface area contributed by atoms with Gasteiger partial charge in [0.25, 0.3) is 0 Å². The Balaban J connectivity index is 3.43. The van der Waals surface area contributed by atoms with Crippen LogP contribution in [0.4, 0.5) is 0 Å². The molecule has 0 aromatic heterocycles. The van der Waals surface area contributed by atoms with Crippen molar-refractivity contribution in [1.29, 1.82) is 0 Å². The zero-order valence-corrected chi connectivity index (χ0v) is 6.97. The lowest BCUT2D eigenvalue weighted by Crippen LogP contribution is -2.27. The van der Waals surface area contributed by atoms with Crippen molar-refractivity contribution >= 4 is 5.91 Å². The molecule has 3 N–H and O–H groups in total. The fraction of sp³-hybridized carbons (Fsp3) is 0.625. The van der Waals surface area contributed by atoms with Crippen LogP contribution in [0.15, 0.2) is 12.7 Å². The van der Waals surface area contributed by atoms with Crippen molar-refractivity contribution in [2.24, 2.45) is 11.7 Å². The highest BCUT2D eigenvalue weighted by molar-refractivity contribution is 5.76. The SMILES string of the molecule is C=CCNC(=O)CC(C)CN. The largest absolute Gasteiger partial charge is 0.353 e. The molecule has 11 heavy (non-hydrogen) atoms. The summed E-state index contributed by atoms with van der Waals surface area (Å²) >= 11 is 0. The molecule has 0 spiro atoms. The van der Waals surface area contributed by atoms with Crippen molar-refractivity contribution in [3.8, 4) is 0 Å². The lowest BCUT2D eigenvalue weighted by Gasteiger charge is -2.06. The molecule has 0 aliphatic heterocycles. The van der Waals surface area contributed by atoms with Gasteiger partial charge in [-0.05, 0) is 12.5 Å². The van der Waals surface area contributed by atoms with Crippen LogP contribution in [0.2, 0.25) is 0 Å². The Hall–Kier alpha value is -0.830. The monoisotopic (exact) mass is 156 g/mol. The van der Waals surface area contributed by atoms with Gasteiger partial charge in [-0.1, -0.05) is 13.0 Å². The molecule has 3 heteroatoms. The fourth-order valence-electron chi connectivity index (χ4n) is 0.658. The van der Waals surface area contributed by atoms with Crippen LogP contribution in [0.5, 0.6) is 0 Å². The van der Waals surface area contributed by atoms with E-state index in [9.17, 15) is 4.79 Å². The van der Waals surface area contributed by atoms with E-state index in [0.29, 0.717) is 19.5 Å². The summed E-state index contributed by atoms with van der Waals surface area (Å²) in [4.78, 5) is 11.0. The number of nitrogens with two attached hydrogens (primary N) is 1. The van der Waals surface area contributed by atoms with Crippen LogP contribution in [-0.2, 0) is 4.79 Å². The highest BCUT2D eigenvalue weighted by atomic mass is 16.1. The molecule has 64 valence electrons. The van der Waals surface area contributed by atoms with Crippen LogP contribution in [0.25, 0.3) is 0 Å². The quantitative estimate of drug-likeness (QED) is 0.561. The topological polar surface area (TPSA) is 55.1 Å². The second-order valence-corrected chi connectivity index (χ2v) is 2.64. The number of nitrogens with one attached hydrogen (secondary N) is 1. The van der Waals surface area contributed by atoms with Gasteiger partial charge in [-0.3, -0.25) is 4.79 Å². The second kappa shape index (κ2) is 5.92. The van der Waals surface area contributed by atoms with E-state index in [1.165, 1.54) is 0 Å². The molecule has 0 aromatic carbocycles. The van der Waals surface area contributed by atoms with Crippen molar-refractivity contribution in [3.63, 3.8) is 0 Å². The highest BCUT2D eigenvalue weighted by Crippen LogP contribution is 1.97. The van der Waals surface area contributed by atoms with E-state index in [1.54, 1.807) is 6.08 Å². The van der Waals surface area contributed by atoms with Gasteiger partial charge in [-0.25, -0.2) is 0 Å². The minimum atomic E-state index is 0.0443. The summed E-state index contributed by atoms with van der Waals surface area (Å²) in [5.74, 6) is 0.308. The molecule has 0 rings (SSSR count). The second-order valence-electron chi connectivity index (χ2n) is 2.64. The standard InChI is InChI=1S/C8H16N2O/c1-3-4-10-8(11)5-7(2)6-9/h3,7H,1,4-6,9H2,2H3,(H,10,11). The molecule has 1 amide bonds. The van der Waals surface area contributed by atoms with Crippen molar-refractivity contribution in [3.05, 3.63) is 12.7 Å². The van der Waals surface area contributed by atoms with E-state index in [0.717, 1.165) is 0 Å². The summed E-state index contributed by atoms with van der Waals surface area (Å²) in [6, 6.07) is 0. The van der Waals surface area contributed by atoms with E-state index >= 15 is 0 Å². The Labute approximate surface area is 67.7 Å². The summed E-state index contributed by atoms with van der Waals surface area (Å²) in [6.45, 7) is 6.54. The normalized spacial score (nSPS) is 12.2. The van der Waals surface area contributed by atoms with E-state index < -0.39 is 0 Å². The number of carbonyl (C=O) groups is 1. The zero-order valence-electron chi connectivity index (χ0n) is 6.97. The van der Waals surface area contributed by atoms with Crippen molar-refractivity contribution in [1.82, 2.24) is 5.32 Å². The molecule has 0 aromatic rings. The van der Waals surface area contributed by atoms with Gasteiger partial charge < -0.3 is 11.1 Å². The Kier molecular flexibility index (Phi) is 5.47. The summed E-state index contributed by atoms with van der Waals surface area (Å²) in [5.41, 5.74) is 5.35. The minimum Gasteiger partial charge on any atom is -0.353 e. The predicted molar refractivity (Wildman–Crippen MR) is 46.0 cm³/mol. The van der Waals surface area contributed by atoms with E-state index in [4.69, 9.17) is 5.73 Å². The van der Waals surface area contributed by atoms with E-state index in [2.05, 4.69) is 11.9 Å². The van der Waals surface area contributed by atoms with Crippen LogP contribution in [-0.4, -0.2) is 19.0 Å². The summed E-state index contributed by atoms with van der Waals surface area (Å²) in [5, 5.41) is 2.68. The van der Waals surface area contributed by atoms with Gasteiger partial charge in [-0.2, -0.15) is 0 Å². The average Bonchev–Trinajstić information content (AvgIpc) is 2.00. The summed E-state index contributed by atoms with van der Waals surface area (Å²) < 4.78 is 0. The first-order valence-electron chi connectivity index (χ1n) is 3.78. The highest BCUT2D eigenvalue weighted by Gasteiger charge is 2.05. The fourth-order valence-corrected chi connectivity index (χ4v) is 0.658. The molecular formula is C8H16N2O. The molecule has 0 saturated carbocycles. The maximum Gasteiger partial charge on any atom is 0.220 e. The smallest absolute Gasteiger partial charge is 0.220 e. The molecule has 0 heterocycles. The first-order valence-corrected chi connectivity index (χ1v) is 3.78. The average molecular weight is 156 g/mol. The zero-order chi connectivity index (χ0) is 8.69. The number of hydrogen-bond acceptors (Lipinski definition) is 2. The molecule has 0 aliphatic carbocycles. The van der Waals surface area contributed by atoms with Crippen molar-refractivity contribution < 1.29 is 4.79 Å². The summed E-state index contributed by atoms with van der Waals surface area (Å²) in [6.07, 6.45) is 2.16. The predicted octanol–water partition coefficient (Wildman–Crippen LogP) is 0.273. The number of carbonyl (C=O) groups excluding carboxylic acids is 1.